The number of aliphatic hydroxyl groups excluding tert-OH is 1. The van der Waals surface area contributed by atoms with Gasteiger partial charge < -0.3 is 15.2 Å². The van der Waals surface area contributed by atoms with E-state index >= 15 is 0 Å². The maximum absolute atomic E-state index is 10.8. The molecule has 12 heavy (non-hydrogen) atoms. The lowest BCUT2D eigenvalue weighted by Gasteiger charge is -2.17. The first-order valence-corrected chi connectivity index (χ1v) is 4.42. The topological polar surface area (TPSA) is 58.6 Å². The molecule has 4 nitrogen and oxygen atoms in total. The van der Waals surface area contributed by atoms with E-state index in [1.165, 1.54) is 0 Å². The molecule has 2 N–H and O–H groups in total. The predicted molar refractivity (Wildman–Crippen MR) is 41.7 cm³/mol. The molecule has 0 spiro atoms. The number of rotatable bonds is 0. The van der Waals surface area contributed by atoms with Crippen molar-refractivity contribution in [3.05, 3.63) is 0 Å². The Hall–Kier alpha value is -0.770. The highest BCUT2D eigenvalue weighted by Crippen LogP contribution is 2.24. The number of carbonyl (C=O) groups excluding carboxylic acids is 1. The maximum atomic E-state index is 10.8. The summed E-state index contributed by atoms with van der Waals surface area (Å²) < 4.78 is 5.01. The Balaban J connectivity index is 2.09. The van der Waals surface area contributed by atoms with Gasteiger partial charge in [-0.1, -0.05) is 6.42 Å². The summed E-state index contributed by atoms with van der Waals surface area (Å²) in [7, 11) is 0. The van der Waals surface area contributed by atoms with Gasteiger partial charge in [0, 0.05) is 0 Å². The molecule has 1 amide bonds. The van der Waals surface area contributed by atoms with E-state index in [4.69, 9.17) is 4.74 Å². The normalized spacial score (nSPS) is 41.1. The van der Waals surface area contributed by atoms with E-state index in [0.29, 0.717) is 0 Å². The number of alkyl carbamates (subject to hydrolysis) is 1. The summed E-state index contributed by atoms with van der Waals surface area (Å²) in [5.41, 5.74) is 0. The second kappa shape index (κ2) is 2.94. The Morgan fingerprint density at radius 3 is 3.00 bits per heavy atom. The molecule has 1 saturated carbocycles. The predicted octanol–water partition coefficient (Wildman–Crippen LogP) is 0.398. The van der Waals surface area contributed by atoms with Crippen LogP contribution < -0.4 is 5.32 Å². The van der Waals surface area contributed by atoms with Crippen LogP contribution >= 0.6 is 0 Å². The molecule has 1 saturated heterocycles. The number of amides is 1. The van der Waals surface area contributed by atoms with Crippen LogP contribution in [-0.4, -0.2) is 29.4 Å². The molecular weight excluding hydrogens is 158 g/mol. The van der Waals surface area contributed by atoms with E-state index in [0.717, 1.165) is 25.7 Å². The Morgan fingerprint density at radius 1 is 1.42 bits per heavy atom. The number of carbonyl (C=O) groups is 1. The third kappa shape index (κ3) is 1.27. The molecule has 0 aromatic heterocycles. The van der Waals surface area contributed by atoms with Crippen LogP contribution in [0.1, 0.15) is 25.7 Å². The van der Waals surface area contributed by atoms with Gasteiger partial charge in [-0.25, -0.2) is 4.79 Å². The van der Waals surface area contributed by atoms with Crippen LogP contribution in [0.2, 0.25) is 0 Å². The summed E-state index contributed by atoms with van der Waals surface area (Å²) in [4.78, 5) is 10.8. The summed E-state index contributed by atoms with van der Waals surface area (Å²) >= 11 is 0. The Labute approximate surface area is 70.9 Å². The van der Waals surface area contributed by atoms with Crippen LogP contribution in [0.15, 0.2) is 0 Å². The minimum Gasteiger partial charge on any atom is -0.444 e. The third-order valence-corrected chi connectivity index (χ3v) is 2.60. The molecule has 2 rings (SSSR count). The van der Waals surface area contributed by atoms with Crippen molar-refractivity contribution in [1.29, 1.82) is 0 Å². The average Bonchev–Trinajstić information content (AvgIpc) is 2.33. The Kier molecular flexibility index (Phi) is 1.92. The lowest BCUT2D eigenvalue weighted by molar-refractivity contribution is 0.0820. The fourth-order valence-electron chi connectivity index (χ4n) is 1.93. The molecule has 68 valence electrons. The monoisotopic (exact) mass is 171 g/mol. The molecule has 2 aliphatic rings. The summed E-state index contributed by atoms with van der Waals surface area (Å²) in [6.45, 7) is 0. The summed E-state index contributed by atoms with van der Waals surface area (Å²) in [5, 5.41) is 12.2. The van der Waals surface area contributed by atoms with E-state index in [1.54, 1.807) is 0 Å². The minimum absolute atomic E-state index is 0.102. The van der Waals surface area contributed by atoms with Crippen LogP contribution in [0, 0.1) is 0 Å². The summed E-state index contributed by atoms with van der Waals surface area (Å²) in [5.74, 6) is 0. The van der Waals surface area contributed by atoms with E-state index in [2.05, 4.69) is 5.32 Å². The van der Waals surface area contributed by atoms with Crippen molar-refractivity contribution in [3.63, 3.8) is 0 Å². The van der Waals surface area contributed by atoms with Gasteiger partial charge in [0.15, 0.2) is 0 Å². The first kappa shape index (κ1) is 7.86. The van der Waals surface area contributed by atoms with Crippen LogP contribution in [0.25, 0.3) is 0 Å². The van der Waals surface area contributed by atoms with Gasteiger partial charge in [0.1, 0.15) is 6.10 Å². The molecule has 2 fully saturated rings. The number of hydrogen-bond acceptors (Lipinski definition) is 3. The van der Waals surface area contributed by atoms with Gasteiger partial charge in [-0.2, -0.15) is 0 Å². The van der Waals surface area contributed by atoms with E-state index in [9.17, 15) is 9.90 Å². The minimum atomic E-state index is -0.427. The molecule has 0 unspecified atom stereocenters. The zero-order valence-electron chi connectivity index (χ0n) is 6.82. The lowest BCUT2D eigenvalue weighted by atomic mass is 10.1. The Morgan fingerprint density at radius 2 is 2.17 bits per heavy atom. The number of hydrogen-bond donors (Lipinski definition) is 2. The van der Waals surface area contributed by atoms with E-state index < -0.39 is 6.10 Å². The lowest BCUT2D eigenvalue weighted by Crippen LogP contribution is -2.41. The highest BCUT2D eigenvalue weighted by atomic mass is 16.6. The maximum Gasteiger partial charge on any atom is 0.407 e. The zero-order valence-corrected chi connectivity index (χ0v) is 6.82. The molecule has 3 atom stereocenters. The van der Waals surface area contributed by atoms with Crippen LogP contribution in [0.5, 0.6) is 0 Å². The van der Waals surface area contributed by atoms with E-state index in [-0.39, 0.29) is 18.2 Å². The van der Waals surface area contributed by atoms with Crippen molar-refractivity contribution in [3.8, 4) is 0 Å². The summed E-state index contributed by atoms with van der Waals surface area (Å²) in [6.07, 6.45) is 2.79. The standard InChI is InChI=1S/C8H13NO3/c10-5-3-1-2-4-6-7(5)9-8(11)12-6/h5-7,10H,1-4H2,(H,9,11)/t5-,6-,7-/m1/s1. The van der Waals surface area contributed by atoms with Gasteiger partial charge in [0.25, 0.3) is 0 Å². The molecule has 0 aromatic rings. The quantitative estimate of drug-likeness (QED) is 0.554. The van der Waals surface area contributed by atoms with Crippen molar-refractivity contribution < 1.29 is 14.6 Å². The zero-order chi connectivity index (χ0) is 8.55. The van der Waals surface area contributed by atoms with Gasteiger partial charge in [-0.3, -0.25) is 0 Å². The SMILES string of the molecule is O=C1N[C@@H]2[C@H](O)CCCC[C@H]2O1. The van der Waals surface area contributed by atoms with Crippen molar-refractivity contribution in [1.82, 2.24) is 5.32 Å². The molecule has 4 heteroatoms. The molecule has 0 radical (unpaired) electrons. The highest BCUT2D eigenvalue weighted by molar-refractivity contribution is 5.70. The first-order valence-electron chi connectivity index (χ1n) is 4.42. The molecule has 1 aliphatic carbocycles. The van der Waals surface area contributed by atoms with Crippen LogP contribution in [0.3, 0.4) is 0 Å². The van der Waals surface area contributed by atoms with Gasteiger partial charge >= 0.3 is 6.09 Å². The van der Waals surface area contributed by atoms with Gasteiger partial charge in [0.2, 0.25) is 0 Å². The van der Waals surface area contributed by atoms with E-state index in [1.807, 2.05) is 0 Å². The molecule has 1 heterocycles. The molecular formula is C8H13NO3. The molecule has 0 aromatic carbocycles. The Bertz CT molecular complexity index is 195. The fourth-order valence-corrected chi connectivity index (χ4v) is 1.93. The molecule has 0 bridgehead atoms. The fraction of sp³-hybridized carbons (Fsp3) is 0.875. The van der Waals surface area contributed by atoms with Gasteiger partial charge in [-0.15, -0.1) is 0 Å². The van der Waals surface area contributed by atoms with Crippen molar-refractivity contribution in [2.24, 2.45) is 0 Å². The number of fused-ring (bicyclic) bond motifs is 1. The third-order valence-electron chi connectivity index (χ3n) is 2.60. The van der Waals surface area contributed by atoms with Crippen LogP contribution in [0.4, 0.5) is 4.79 Å². The second-order valence-electron chi connectivity index (χ2n) is 3.47. The number of nitrogens with one attached hydrogen (secondary N) is 1. The largest absolute Gasteiger partial charge is 0.444 e. The number of aliphatic hydroxyl groups is 1. The smallest absolute Gasteiger partial charge is 0.407 e. The highest BCUT2D eigenvalue weighted by Gasteiger charge is 2.39. The van der Waals surface area contributed by atoms with Crippen molar-refractivity contribution in [2.45, 2.75) is 43.9 Å². The molecule has 1 aliphatic heterocycles. The van der Waals surface area contributed by atoms with Crippen LogP contribution in [-0.2, 0) is 4.74 Å². The second-order valence-corrected chi connectivity index (χ2v) is 3.47. The number of ether oxygens (including phenoxy) is 1. The van der Waals surface area contributed by atoms with Crippen molar-refractivity contribution >= 4 is 6.09 Å². The van der Waals surface area contributed by atoms with Crippen molar-refractivity contribution in [2.75, 3.05) is 0 Å². The van der Waals surface area contributed by atoms with Gasteiger partial charge in [-0.05, 0) is 19.3 Å². The van der Waals surface area contributed by atoms with Gasteiger partial charge in [0.05, 0.1) is 12.1 Å². The summed E-state index contributed by atoms with van der Waals surface area (Å²) in [6, 6.07) is -0.167. The first-order chi connectivity index (χ1) is 5.77. The average molecular weight is 171 g/mol.